The Bertz CT molecular complexity index is 552. The number of rotatable bonds is 5. The van der Waals surface area contributed by atoms with Gasteiger partial charge in [-0.1, -0.05) is 60.7 Å². The second-order valence-electron chi connectivity index (χ2n) is 5.02. The molecule has 0 amide bonds. The van der Waals surface area contributed by atoms with E-state index in [-0.39, 0.29) is 6.10 Å². The Hall–Kier alpha value is -2.06. The van der Waals surface area contributed by atoms with Gasteiger partial charge in [-0.05, 0) is 17.2 Å². The Morgan fingerprint density at radius 2 is 1.85 bits per heavy atom. The summed E-state index contributed by atoms with van der Waals surface area (Å²) < 4.78 is 5.89. The van der Waals surface area contributed by atoms with E-state index in [1.54, 1.807) is 0 Å². The van der Waals surface area contributed by atoms with Crippen molar-refractivity contribution in [3.8, 4) is 5.75 Å². The fourth-order valence-corrected chi connectivity index (χ4v) is 2.45. The van der Waals surface area contributed by atoms with Crippen LogP contribution in [-0.4, -0.2) is 19.2 Å². The monoisotopic (exact) mass is 265 g/mol. The molecule has 0 spiro atoms. The number of ether oxygens (including phenoxy) is 1. The van der Waals surface area contributed by atoms with Gasteiger partial charge in [0.15, 0.2) is 0 Å². The van der Waals surface area contributed by atoms with Gasteiger partial charge in [-0.3, -0.25) is 0 Å². The summed E-state index contributed by atoms with van der Waals surface area (Å²) in [6.07, 6.45) is 5.55. The molecule has 2 nitrogen and oxygen atoms in total. The van der Waals surface area contributed by atoms with E-state index in [1.165, 1.54) is 11.1 Å². The lowest BCUT2D eigenvalue weighted by Crippen LogP contribution is -2.30. The van der Waals surface area contributed by atoms with E-state index < -0.39 is 0 Å². The number of para-hydroxylation sites is 1. The van der Waals surface area contributed by atoms with Crippen molar-refractivity contribution in [3.05, 3.63) is 71.8 Å². The number of benzene rings is 2. The van der Waals surface area contributed by atoms with Crippen molar-refractivity contribution in [2.24, 2.45) is 0 Å². The van der Waals surface area contributed by atoms with Crippen LogP contribution < -0.4 is 10.1 Å². The fraction of sp³-hybridized carbons (Fsp3) is 0.222. The number of hydrogen-bond acceptors (Lipinski definition) is 2. The minimum Gasteiger partial charge on any atom is -0.488 e. The zero-order valence-electron chi connectivity index (χ0n) is 11.5. The molecule has 102 valence electrons. The van der Waals surface area contributed by atoms with Gasteiger partial charge in [0.1, 0.15) is 11.9 Å². The summed E-state index contributed by atoms with van der Waals surface area (Å²) in [5, 5.41) is 3.42. The first kappa shape index (κ1) is 12.9. The normalized spacial score (nSPS) is 17.1. The van der Waals surface area contributed by atoms with Crippen LogP contribution in [0.4, 0.5) is 0 Å². The fourth-order valence-electron chi connectivity index (χ4n) is 2.45. The van der Waals surface area contributed by atoms with Crippen LogP contribution in [0.3, 0.4) is 0 Å². The maximum Gasteiger partial charge on any atom is 0.123 e. The first-order chi connectivity index (χ1) is 9.92. The molecule has 0 fully saturated rings. The van der Waals surface area contributed by atoms with Gasteiger partial charge in [0.2, 0.25) is 0 Å². The molecule has 0 radical (unpaired) electrons. The van der Waals surface area contributed by atoms with Crippen molar-refractivity contribution in [2.75, 3.05) is 13.1 Å². The number of nitrogens with one attached hydrogen (secondary N) is 1. The lowest BCUT2D eigenvalue weighted by atomic mass is 10.1. The number of fused-ring (bicyclic) bond motifs is 1. The SMILES string of the molecule is C(=Cc1ccccc1)CNCC1Cc2ccccc2O1. The molecule has 1 aliphatic heterocycles. The van der Waals surface area contributed by atoms with Crippen molar-refractivity contribution in [1.29, 1.82) is 0 Å². The average molecular weight is 265 g/mol. The van der Waals surface area contributed by atoms with Crippen LogP contribution in [0.5, 0.6) is 5.75 Å². The topological polar surface area (TPSA) is 21.3 Å². The van der Waals surface area contributed by atoms with E-state index in [2.05, 4.69) is 53.9 Å². The molecule has 1 N–H and O–H groups in total. The van der Waals surface area contributed by atoms with Crippen LogP contribution in [0, 0.1) is 0 Å². The van der Waals surface area contributed by atoms with Crippen LogP contribution in [0.15, 0.2) is 60.7 Å². The molecule has 1 atom stereocenters. The molecule has 1 unspecified atom stereocenters. The lowest BCUT2D eigenvalue weighted by Gasteiger charge is -2.10. The van der Waals surface area contributed by atoms with E-state index in [1.807, 2.05) is 18.2 Å². The molecule has 0 saturated carbocycles. The zero-order valence-corrected chi connectivity index (χ0v) is 11.5. The molecule has 1 aliphatic rings. The highest BCUT2D eigenvalue weighted by Gasteiger charge is 2.21. The van der Waals surface area contributed by atoms with Crippen molar-refractivity contribution < 1.29 is 4.74 Å². The second-order valence-corrected chi connectivity index (χ2v) is 5.02. The standard InChI is InChI=1S/C18H19NO/c1-2-7-15(8-3-1)9-6-12-19-14-17-13-16-10-4-5-11-18(16)20-17/h1-11,17,19H,12-14H2. The second kappa shape index (κ2) is 6.40. The third-order valence-corrected chi connectivity index (χ3v) is 3.46. The molecule has 0 aromatic heterocycles. The first-order valence-electron chi connectivity index (χ1n) is 7.09. The van der Waals surface area contributed by atoms with Gasteiger partial charge < -0.3 is 10.1 Å². The molecule has 3 rings (SSSR count). The molecule has 0 aliphatic carbocycles. The first-order valence-corrected chi connectivity index (χ1v) is 7.09. The smallest absolute Gasteiger partial charge is 0.123 e. The average Bonchev–Trinajstić information content (AvgIpc) is 2.90. The van der Waals surface area contributed by atoms with Gasteiger partial charge >= 0.3 is 0 Å². The summed E-state index contributed by atoms with van der Waals surface area (Å²) >= 11 is 0. The molecule has 0 saturated heterocycles. The highest BCUT2D eigenvalue weighted by atomic mass is 16.5. The molecular weight excluding hydrogens is 246 g/mol. The van der Waals surface area contributed by atoms with Crippen LogP contribution in [0.25, 0.3) is 6.08 Å². The van der Waals surface area contributed by atoms with Gasteiger partial charge in [-0.2, -0.15) is 0 Å². The molecular formula is C18H19NO. The molecule has 1 heterocycles. The Morgan fingerprint density at radius 1 is 1.05 bits per heavy atom. The van der Waals surface area contributed by atoms with E-state index >= 15 is 0 Å². The maximum absolute atomic E-state index is 5.89. The Labute approximate surface area is 120 Å². The molecule has 0 bridgehead atoms. The summed E-state index contributed by atoms with van der Waals surface area (Å²) in [6, 6.07) is 18.6. The predicted octanol–water partition coefficient (Wildman–Crippen LogP) is 3.29. The lowest BCUT2D eigenvalue weighted by molar-refractivity contribution is 0.229. The van der Waals surface area contributed by atoms with E-state index in [4.69, 9.17) is 4.74 Å². The summed E-state index contributed by atoms with van der Waals surface area (Å²) in [6.45, 7) is 1.75. The summed E-state index contributed by atoms with van der Waals surface area (Å²) in [5.41, 5.74) is 2.55. The van der Waals surface area contributed by atoms with E-state index in [0.717, 1.165) is 25.3 Å². The molecule has 2 aromatic carbocycles. The van der Waals surface area contributed by atoms with Crippen LogP contribution in [0.1, 0.15) is 11.1 Å². The van der Waals surface area contributed by atoms with Crippen LogP contribution >= 0.6 is 0 Å². The maximum atomic E-state index is 5.89. The van der Waals surface area contributed by atoms with Gasteiger partial charge in [0.25, 0.3) is 0 Å². The van der Waals surface area contributed by atoms with Gasteiger partial charge in [-0.15, -0.1) is 0 Å². The summed E-state index contributed by atoms with van der Waals surface area (Å²) in [7, 11) is 0. The van der Waals surface area contributed by atoms with Crippen molar-refractivity contribution in [2.45, 2.75) is 12.5 Å². The van der Waals surface area contributed by atoms with E-state index in [9.17, 15) is 0 Å². The third-order valence-electron chi connectivity index (χ3n) is 3.46. The van der Waals surface area contributed by atoms with Crippen molar-refractivity contribution in [3.63, 3.8) is 0 Å². The zero-order chi connectivity index (χ0) is 13.6. The summed E-state index contributed by atoms with van der Waals surface area (Å²) in [4.78, 5) is 0. The minimum atomic E-state index is 0.262. The highest BCUT2D eigenvalue weighted by molar-refractivity contribution is 5.48. The third kappa shape index (κ3) is 3.28. The van der Waals surface area contributed by atoms with E-state index in [0.29, 0.717) is 0 Å². The quantitative estimate of drug-likeness (QED) is 0.838. The van der Waals surface area contributed by atoms with Gasteiger partial charge in [0, 0.05) is 19.5 Å². The Morgan fingerprint density at radius 3 is 2.70 bits per heavy atom. The van der Waals surface area contributed by atoms with Gasteiger partial charge in [0.05, 0.1) is 0 Å². The predicted molar refractivity (Wildman–Crippen MR) is 82.9 cm³/mol. The van der Waals surface area contributed by atoms with Crippen molar-refractivity contribution >= 4 is 6.08 Å². The van der Waals surface area contributed by atoms with Crippen LogP contribution in [0.2, 0.25) is 0 Å². The summed E-state index contributed by atoms with van der Waals surface area (Å²) in [5.74, 6) is 1.04. The Kier molecular flexibility index (Phi) is 4.14. The molecule has 2 heteroatoms. The molecule has 2 aromatic rings. The largest absolute Gasteiger partial charge is 0.488 e. The highest BCUT2D eigenvalue weighted by Crippen LogP contribution is 2.27. The molecule has 20 heavy (non-hydrogen) atoms. The van der Waals surface area contributed by atoms with Crippen LogP contribution in [-0.2, 0) is 6.42 Å². The van der Waals surface area contributed by atoms with Gasteiger partial charge in [-0.25, -0.2) is 0 Å². The minimum absolute atomic E-state index is 0.262. The van der Waals surface area contributed by atoms with Crippen molar-refractivity contribution in [1.82, 2.24) is 5.32 Å². The number of hydrogen-bond donors (Lipinski definition) is 1. The Balaban J connectivity index is 1.41.